The number of fused-ring (bicyclic) bond motifs is 3. The van der Waals surface area contributed by atoms with Crippen molar-refractivity contribution in [2.75, 3.05) is 26.2 Å². The van der Waals surface area contributed by atoms with E-state index in [1.165, 1.54) is 53.5 Å². The number of nitrogens with one attached hydrogen (secondary N) is 1. The Morgan fingerprint density at radius 2 is 2.04 bits per heavy atom. The quantitative estimate of drug-likeness (QED) is 0.619. The van der Waals surface area contributed by atoms with Crippen LogP contribution in [0.15, 0.2) is 24.4 Å². The topological polar surface area (TPSA) is 41.1 Å². The summed E-state index contributed by atoms with van der Waals surface area (Å²) in [4.78, 5) is 10.7. The molecule has 1 N–H and O–H groups in total. The van der Waals surface area contributed by atoms with Crippen LogP contribution in [0.4, 0.5) is 0 Å². The van der Waals surface area contributed by atoms with E-state index in [9.17, 15) is 0 Å². The van der Waals surface area contributed by atoms with Gasteiger partial charge < -0.3 is 14.6 Å². The Morgan fingerprint density at radius 1 is 1.19 bits per heavy atom. The number of ether oxygens (including phenoxy) is 1. The van der Waals surface area contributed by atoms with Crippen molar-refractivity contribution in [1.82, 2.24) is 14.9 Å². The molecule has 1 fully saturated rings. The van der Waals surface area contributed by atoms with Gasteiger partial charge in [0.05, 0.1) is 17.8 Å². The molecule has 0 bridgehead atoms. The number of hydrogen-bond donors (Lipinski definition) is 1. The summed E-state index contributed by atoms with van der Waals surface area (Å²) in [5.41, 5.74) is 4.70. The minimum Gasteiger partial charge on any atom is -0.493 e. The molecule has 0 spiro atoms. The van der Waals surface area contributed by atoms with Crippen molar-refractivity contribution in [2.45, 2.75) is 46.0 Å². The molecule has 1 aliphatic rings. The number of rotatable bonds is 7. The zero-order valence-electron chi connectivity index (χ0n) is 16.0. The molecule has 4 rings (SSSR count). The molecular formula is C22H29N3O. The predicted octanol–water partition coefficient (Wildman–Crippen LogP) is 4.84. The van der Waals surface area contributed by atoms with E-state index in [1.54, 1.807) is 0 Å². The number of pyridine rings is 1. The van der Waals surface area contributed by atoms with Gasteiger partial charge in [0.25, 0.3) is 0 Å². The third kappa shape index (κ3) is 3.43. The van der Waals surface area contributed by atoms with Crippen molar-refractivity contribution in [3.63, 3.8) is 0 Å². The summed E-state index contributed by atoms with van der Waals surface area (Å²) in [7, 11) is 0. The normalized spacial score (nSPS) is 15.3. The molecule has 138 valence electrons. The van der Waals surface area contributed by atoms with Gasteiger partial charge in [-0.2, -0.15) is 0 Å². The lowest BCUT2D eigenvalue weighted by Crippen LogP contribution is -2.21. The van der Waals surface area contributed by atoms with E-state index < -0.39 is 0 Å². The molecule has 3 heterocycles. The van der Waals surface area contributed by atoms with E-state index in [0.29, 0.717) is 0 Å². The molecule has 0 aliphatic carbocycles. The number of benzene rings is 1. The second-order valence-corrected chi connectivity index (χ2v) is 7.47. The van der Waals surface area contributed by atoms with E-state index in [4.69, 9.17) is 4.74 Å². The van der Waals surface area contributed by atoms with Gasteiger partial charge in [0, 0.05) is 35.1 Å². The fraction of sp³-hybridized carbons (Fsp3) is 0.500. The van der Waals surface area contributed by atoms with Crippen LogP contribution >= 0.6 is 0 Å². The fourth-order valence-corrected chi connectivity index (χ4v) is 4.11. The van der Waals surface area contributed by atoms with E-state index >= 15 is 0 Å². The number of nitrogens with zero attached hydrogens (tertiary/aromatic N) is 2. The summed E-state index contributed by atoms with van der Waals surface area (Å²) < 4.78 is 6.12. The van der Waals surface area contributed by atoms with Gasteiger partial charge in [-0.15, -0.1) is 0 Å². The van der Waals surface area contributed by atoms with Gasteiger partial charge in [-0.25, -0.2) is 0 Å². The molecule has 1 saturated heterocycles. The molecule has 0 atom stereocenters. The summed E-state index contributed by atoms with van der Waals surface area (Å²) in [6.07, 6.45) is 7.83. The third-order valence-corrected chi connectivity index (χ3v) is 5.45. The van der Waals surface area contributed by atoms with Gasteiger partial charge in [0.15, 0.2) is 0 Å². The molecule has 1 aromatic carbocycles. The molecule has 0 radical (unpaired) electrons. The van der Waals surface area contributed by atoms with E-state index in [-0.39, 0.29) is 0 Å². The Hall–Kier alpha value is -2.07. The minimum atomic E-state index is 0.783. The Bertz CT molecular complexity index is 893. The van der Waals surface area contributed by atoms with Gasteiger partial charge in [0.1, 0.15) is 5.75 Å². The van der Waals surface area contributed by atoms with Crippen molar-refractivity contribution in [3.05, 3.63) is 35.7 Å². The molecular weight excluding hydrogens is 322 g/mol. The fourth-order valence-electron chi connectivity index (χ4n) is 4.11. The minimum absolute atomic E-state index is 0.783. The highest BCUT2D eigenvalue weighted by Gasteiger charge is 2.13. The average Bonchev–Trinajstić information content (AvgIpc) is 3.27. The number of aryl methyl sites for hydroxylation is 2. The molecule has 1 aliphatic heterocycles. The Morgan fingerprint density at radius 3 is 2.85 bits per heavy atom. The number of hydrogen-bond acceptors (Lipinski definition) is 3. The van der Waals surface area contributed by atoms with Crippen molar-refractivity contribution in [2.24, 2.45) is 0 Å². The number of aromatic amines is 1. The number of aromatic nitrogens is 2. The van der Waals surface area contributed by atoms with Gasteiger partial charge in [0.2, 0.25) is 0 Å². The molecule has 0 saturated carbocycles. The zero-order valence-corrected chi connectivity index (χ0v) is 16.0. The van der Waals surface area contributed by atoms with Crippen LogP contribution in [0.1, 0.15) is 43.9 Å². The molecule has 0 amide bonds. The molecule has 2 aromatic heterocycles. The highest BCUT2D eigenvalue weighted by atomic mass is 16.5. The Kier molecular flexibility index (Phi) is 5.11. The third-order valence-electron chi connectivity index (χ3n) is 5.45. The molecule has 4 heteroatoms. The van der Waals surface area contributed by atoms with Crippen LogP contribution < -0.4 is 4.74 Å². The Balaban J connectivity index is 1.54. The standard InChI is InChI=1S/C22H29N3O/c1-3-7-18-22-17-14-16(2)21(15-20(17)24-19(22)8-9-23-18)26-13-6-12-25-10-4-5-11-25/h8-9,14-15,24H,3-7,10-13H2,1-2H3. The van der Waals surface area contributed by atoms with Crippen molar-refractivity contribution < 1.29 is 4.74 Å². The molecule has 0 unspecified atom stereocenters. The summed E-state index contributed by atoms with van der Waals surface area (Å²) in [6.45, 7) is 8.80. The second kappa shape index (κ2) is 7.67. The Labute approximate surface area is 155 Å². The van der Waals surface area contributed by atoms with Crippen LogP contribution in [-0.2, 0) is 6.42 Å². The summed E-state index contributed by atoms with van der Waals surface area (Å²) in [5, 5.41) is 2.53. The van der Waals surface area contributed by atoms with Crippen LogP contribution in [0, 0.1) is 6.92 Å². The van der Waals surface area contributed by atoms with Crippen molar-refractivity contribution in [3.8, 4) is 5.75 Å². The number of H-pyrrole nitrogens is 1. The summed E-state index contributed by atoms with van der Waals surface area (Å²) in [6, 6.07) is 6.49. The maximum Gasteiger partial charge on any atom is 0.124 e. The first-order valence-corrected chi connectivity index (χ1v) is 10.0. The summed E-state index contributed by atoms with van der Waals surface area (Å²) >= 11 is 0. The SMILES string of the molecule is CCCc1nccc2[nH]c3cc(OCCCN4CCCC4)c(C)cc3c12. The molecule has 3 aromatic rings. The van der Waals surface area contributed by atoms with Crippen LogP contribution in [-0.4, -0.2) is 41.1 Å². The maximum atomic E-state index is 6.12. The van der Waals surface area contributed by atoms with Gasteiger partial charge in [-0.1, -0.05) is 13.3 Å². The van der Waals surface area contributed by atoms with Gasteiger partial charge in [-0.3, -0.25) is 4.98 Å². The summed E-state index contributed by atoms with van der Waals surface area (Å²) in [5.74, 6) is 0.996. The first kappa shape index (κ1) is 17.3. The van der Waals surface area contributed by atoms with Gasteiger partial charge >= 0.3 is 0 Å². The van der Waals surface area contributed by atoms with E-state index in [1.807, 2.05) is 6.20 Å². The lowest BCUT2D eigenvalue weighted by atomic mass is 10.1. The van der Waals surface area contributed by atoms with Crippen molar-refractivity contribution in [1.29, 1.82) is 0 Å². The predicted molar refractivity (Wildman–Crippen MR) is 108 cm³/mol. The largest absolute Gasteiger partial charge is 0.493 e. The molecule has 26 heavy (non-hydrogen) atoms. The molecule has 4 nitrogen and oxygen atoms in total. The highest BCUT2D eigenvalue weighted by Crippen LogP contribution is 2.32. The van der Waals surface area contributed by atoms with Crippen LogP contribution in [0.5, 0.6) is 5.75 Å². The van der Waals surface area contributed by atoms with Crippen LogP contribution in [0.2, 0.25) is 0 Å². The number of likely N-dealkylation sites (tertiary alicyclic amines) is 1. The van der Waals surface area contributed by atoms with Crippen molar-refractivity contribution >= 4 is 21.8 Å². The van der Waals surface area contributed by atoms with E-state index in [2.05, 4.69) is 46.9 Å². The van der Waals surface area contributed by atoms with Crippen LogP contribution in [0.25, 0.3) is 21.8 Å². The van der Waals surface area contributed by atoms with E-state index in [0.717, 1.165) is 43.7 Å². The average molecular weight is 351 g/mol. The second-order valence-electron chi connectivity index (χ2n) is 7.47. The highest BCUT2D eigenvalue weighted by molar-refractivity contribution is 6.09. The lowest BCUT2D eigenvalue weighted by molar-refractivity contribution is 0.262. The zero-order chi connectivity index (χ0) is 17.9. The smallest absolute Gasteiger partial charge is 0.124 e. The maximum absolute atomic E-state index is 6.12. The van der Waals surface area contributed by atoms with Crippen LogP contribution in [0.3, 0.4) is 0 Å². The monoisotopic (exact) mass is 351 g/mol. The van der Waals surface area contributed by atoms with Gasteiger partial charge in [-0.05, 0) is 63.4 Å². The first-order chi connectivity index (χ1) is 12.8. The lowest BCUT2D eigenvalue weighted by Gasteiger charge is -2.15. The first-order valence-electron chi connectivity index (χ1n) is 10.0.